The van der Waals surface area contributed by atoms with Gasteiger partial charge in [0, 0.05) is 18.5 Å². The van der Waals surface area contributed by atoms with Crippen molar-refractivity contribution in [3.63, 3.8) is 0 Å². The molecule has 0 heterocycles. The minimum Gasteiger partial charge on any atom is -0.370 e. The molecule has 0 saturated heterocycles. The molecule has 0 aliphatic rings. The molecule has 0 aliphatic carbocycles. The molecule has 0 spiro atoms. The van der Waals surface area contributed by atoms with E-state index < -0.39 is 0 Å². The van der Waals surface area contributed by atoms with Crippen LogP contribution in [0.15, 0.2) is 24.3 Å². The van der Waals surface area contributed by atoms with Gasteiger partial charge in [0.15, 0.2) is 0 Å². The summed E-state index contributed by atoms with van der Waals surface area (Å²) in [5, 5.41) is 2.82. The number of aryl methyl sites for hydroxylation is 1. The summed E-state index contributed by atoms with van der Waals surface area (Å²) in [6, 6.07) is 7.35. The number of carbonyl (C=O) groups is 2. The highest BCUT2D eigenvalue weighted by Crippen LogP contribution is 2.18. The number of carbonyl (C=O) groups excluding carboxylic acids is 2. The van der Waals surface area contributed by atoms with Crippen molar-refractivity contribution < 1.29 is 9.59 Å². The molecule has 2 amide bonds. The molecule has 0 saturated carbocycles. The SMILES string of the molecule is Cc1ccc(C(=O)NCC(C)(C)CC(N)=O)cc1. The lowest BCUT2D eigenvalue weighted by molar-refractivity contribution is -0.119. The van der Waals surface area contributed by atoms with Gasteiger partial charge in [0.05, 0.1) is 0 Å². The number of benzene rings is 1. The first kappa shape index (κ1) is 14.2. The summed E-state index contributed by atoms with van der Waals surface area (Å²) in [6.45, 7) is 6.18. The maximum Gasteiger partial charge on any atom is 0.251 e. The Morgan fingerprint density at radius 1 is 1.22 bits per heavy atom. The number of hydrogen-bond donors (Lipinski definition) is 2. The third-order valence-corrected chi connectivity index (χ3v) is 2.69. The Labute approximate surface area is 108 Å². The van der Waals surface area contributed by atoms with E-state index in [1.807, 2.05) is 32.9 Å². The zero-order valence-corrected chi connectivity index (χ0v) is 11.1. The third kappa shape index (κ3) is 4.57. The topological polar surface area (TPSA) is 72.2 Å². The van der Waals surface area contributed by atoms with Gasteiger partial charge in [-0.3, -0.25) is 9.59 Å². The van der Waals surface area contributed by atoms with E-state index in [4.69, 9.17) is 5.73 Å². The van der Waals surface area contributed by atoms with E-state index in [9.17, 15) is 9.59 Å². The Morgan fingerprint density at radius 3 is 2.28 bits per heavy atom. The van der Waals surface area contributed by atoms with Crippen LogP contribution in [0.1, 0.15) is 36.2 Å². The molecule has 4 heteroatoms. The average molecular weight is 248 g/mol. The number of rotatable bonds is 5. The molecular weight excluding hydrogens is 228 g/mol. The second kappa shape index (κ2) is 5.67. The Bertz CT molecular complexity index is 436. The first-order valence-electron chi connectivity index (χ1n) is 5.93. The quantitative estimate of drug-likeness (QED) is 0.831. The van der Waals surface area contributed by atoms with E-state index in [1.165, 1.54) is 0 Å². The molecule has 0 aliphatic heterocycles. The highest BCUT2D eigenvalue weighted by Gasteiger charge is 2.21. The summed E-state index contributed by atoms with van der Waals surface area (Å²) < 4.78 is 0. The molecule has 0 bridgehead atoms. The lowest BCUT2D eigenvalue weighted by Gasteiger charge is -2.23. The summed E-state index contributed by atoms with van der Waals surface area (Å²) in [5.74, 6) is -0.489. The molecule has 1 aromatic carbocycles. The van der Waals surface area contributed by atoms with E-state index in [-0.39, 0.29) is 23.7 Å². The smallest absolute Gasteiger partial charge is 0.251 e. The van der Waals surface area contributed by atoms with Crippen LogP contribution in [-0.4, -0.2) is 18.4 Å². The van der Waals surface area contributed by atoms with Gasteiger partial charge in [-0.15, -0.1) is 0 Å². The van der Waals surface area contributed by atoms with Crippen LogP contribution >= 0.6 is 0 Å². The Kier molecular flexibility index (Phi) is 4.48. The van der Waals surface area contributed by atoms with Gasteiger partial charge in [-0.25, -0.2) is 0 Å². The zero-order valence-electron chi connectivity index (χ0n) is 11.1. The number of hydrogen-bond acceptors (Lipinski definition) is 2. The van der Waals surface area contributed by atoms with Crippen molar-refractivity contribution in [1.29, 1.82) is 0 Å². The largest absolute Gasteiger partial charge is 0.370 e. The minimum absolute atomic E-state index is 0.132. The Morgan fingerprint density at radius 2 is 1.78 bits per heavy atom. The lowest BCUT2D eigenvalue weighted by atomic mass is 9.89. The summed E-state index contributed by atoms with van der Waals surface area (Å²) in [6.07, 6.45) is 0.251. The molecule has 1 aromatic rings. The summed E-state index contributed by atoms with van der Waals surface area (Å²) in [7, 11) is 0. The highest BCUT2D eigenvalue weighted by atomic mass is 16.2. The molecular formula is C14H20N2O2. The first-order chi connectivity index (χ1) is 8.30. The first-order valence-corrected chi connectivity index (χ1v) is 5.93. The van der Waals surface area contributed by atoms with Gasteiger partial charge in [-0.05, 0) is 24.5 Å². The maximum atomic E-state index is 11.9. The van der Waals surface area contributed by atoms with E-state index in [0.29, 0.717) is 12.1 Å². The van der Waals surface area contributed by atoms with Gasteiger partial charge in [0.25, 0.3) is 5.91 Å². The standard InChI is InChI=1S/C14H20N2O2/c1-10-4-6-11(7-5-10)13(18)16-9-14(2,3)8-12(15)17/h4-7H,8-9H2,1-3H3,(H2,15,17)(H,16,18). The number of primary amides is 1. The Balaban J connectivity index is 2.55. The molecule has 0 unspecified atom stereocenters. The molecule has 1 rings (SSSR count). The lowest BCUT2D eigenvalue weighted by Crippen LogP contribution is -2.36. The minimum atomic E-state index is -0.357. The molecule has 0 atom stereocenters. The van der Waals surface area contributed by atoms with Crippen LogP contribution in [0.25, 0.3) is 0 Å². The van der Waals surface area contributed by atoms with Crippen molar-refractivity contribution in [3.05, 3.63) is 35.4 Å². The van der Waals surface area contributed by atoms with Gasteiger partial charge in [-0.1, -0.05) is 31.5 Å². The molecule has 98 valence electrons. The van der Waals surface area contributed by atoms with Crippen LogP contribution in [0, 0.1) is 12.3 Å². The van der Waals surface area contributed by atoms with Crippen molar-refractivity contribution in [3.8, 4) is 0 Å². The molecule has 4 nitrogen and oxygen atoms in total. The average Bonchev–Trinajstić information content (AvgIpc) is 2.25. The molecule has 18 heavy (non-hydrogen) atoms. The van der Waals surface area contributed by atoms with Gasteiger partial charge >= 0.3 is 0 Å². The number of amides is 2. The fraction of sp³-hybridized carbons (Fsp3) is 0.429. The van der Waals surface area contributed by atoms with Crippen LogP contribution in [0.2, 0.25) is 0 Å². The summed E-state index contributed by atoms with van der Waals surface area (Å²) >= 11 is 0. The van der Waals surface area contributed by atoms with Crippen LogP contribution in [0.5, 0.6) is 0 Å². The van der Waals surface area contributed by atoms with Crippen molar-refractivity contribution in [2.45, 2.75) is 27.2 Å². The van der Waals surface area contributed by atoms with Crippen LogP contribution in [-0.2, 0) is 4.79 Å². The van der Waals surface area contributed by atoms with Crippen molar-refractivity contribution >= 4 is 11.8 Å². The molecule has 0 fully saturated rings. The van der Waals surface area contributed by atoms with Gasteiger partial charge in [0.2, 0.25) is 5.91 Å². The highest BCUT2D eigenvalue weighted by molar-refractivity contribution is 5.94. The van der Waals surface area contributed by atoms with Crippen LogP contribution < -0.4 is 11.1 Å². The normalized spacial score (nSPS) is 11.1. The van der Waals surface area contributed by atoms with Crippen LogP contribution in [0.3, 0.4) is 0 Å². The van der Waals surface area contributed by atoms with Crippen molar-refractivity contribution in [2.24, 2.45) is 11.1 Å². The van der Waals surface area contributed by atoms with Crippen molar-refractivity contribution in [2.75, 3.05) is 6.54 Å². The number of nitrogens with one attached hydrogen (secondary N) is 1. The van der Waals surface area contributed by atoms with Gasteiger partial charge in [-0.2, -0.15) is 0 Å². The molecule has 3 N–H and O–H groups in total. The molecule has 0 aromatic heterocycles. The number of nitrogens with two attached hydrogens (primary N) is 1. The summed E-state index contributed by atoms with van der Waals surface area (Å²) in [5.41, 5.74) is 6.57. The second-order valence-corrected chi connectivity index (χ2v) is 5.36. The van der Waals surface area contributed by atoms with E-state index in [0.717, 1.165) is 5.56 Å². The summed E-state index contributed by atoms with van der Waals surface area (Å²) in [4.78, 5) is 22.7. The second-order valence-electron chi connectivity index (χ2n) is 5.36. The van der Waals surface area contributed by atoms with Gasteiger partial charge in [0.1, 0.15) is 0 Å². The Hall–Kier alpha value is -1.84. The fourth-order valence-electron chi connectivity index (χ4n) is 1.66. The maximum absolute atomic E-state index is 11.9. The van der Waals surface area contributed by atoms with E-state index >= 15 is 0 Å². The van der Waals surface area contributed by atoms with Crippen molar-refractivity contribution in [1.82, 2.24) is 5.32 Å². The van der Waals surface area contributed by atoms with Crippen LogP contribution in [0.4, 0.5) is 0 Å². The molecule has 0 radical (unpaired) electrons. The third-order valence-electron chi connectivity index (χ3n) is 2.69. The van der Waals surface area contributed by atoms with E-state index in [1.54, 1.807) is 12.1 Å². The zero-order chi connectivity index (χ0) is 13.8. The predicted molar refractivity (Wildman–Crippen MR) is 71.1 cm³/mol. The monoisotopic (exact) mass is 248 g/mol. The van der Waals surface area contributed by atoms with Gasteiger partial charge < -0.3 is 11.1 Å². The fourth-order valence-corrected chi connectivity index (χ4v) is 1.66. The predicted octanol–water partition coefficient (Wildman–Crippen LogP) is 1.63. The van der Waals surface area contributed by atoms with E-state index in [2.05, 4.69) is 5.32 Å².